The van der Waals surface area contributed by atoms with Gasteiger partial charge >= 0.3 is 0 Å². The third-order valence-electron chi connectivity index (χ3n) is 4.54. The third-order valence-corrected chi connectivity index (χ3v) is 6.60. The summed E-state index contributed by atoms with van der Waals surface area (Å²) in [4.78, 5) is 21.1. The van der Waals surface area contributed by atoms with Gasteiger partial charge in [-0.05, 0) is 43.3 Å². The van der Waals surface area contributed by atoms with Gasteiger partial charge in [-0.3, -0.25) is 9.36 Å². The van der Waals surface area contributed by atoms with Crippen molar-refractivity contribution in [3.05, 3.63) is 66.4 Å². The summed E-state index contributed by atoms with van der Waals surface area (Å²) in [5.74, 6) is 1.17. The summed E-state index contributed by atoms with van der Waals surface area (Å²) in [6.45, 7) is 6.24. The van der Waals surface area contributed by atoms with E-state index in [0.29, 0.717) is 30.2 Å². The molecule has 29 heavy (non-hydrogen) atoms. The molecular weight excluding hydrogens is 390 g/mol. The minimum absolute atomic E-state index is 0.166. The van der Waals surface area contributed by atoms with E-state index in [1.807, 2.05) is 17.7 Å². The Morgan fingerprint density at radius 2 is 1.76 bits per heavy atom. The Bertz CT molecular complexity index is 1090. The summed E-state index contributed by atoms with van der Waals surface area (Å²) in [5, 5.41) is 2.76. The van der Waals surface area contributed by atoms with Crippen molar-refractivity contribution in [3.63, 3.8) is 0 Å². The van der Waals surface area contributed by atoms with Crippen molar-refractivity contribution in [3.8, 4) is 5.82 Å². The fourth-order valence-corrected chi connectivity index (χ4v) is 4.37. The Labute approximate surface area is 170 Å². The molecule has 0 fully saturated rings. The SMILES string of the molecule is CCN(CC)S(=O)(=O)c1ccc(C(=O)Nc2ccc(-n3ccnc3C)nc2)cc1. The van der Waals surface area contributed by atoms with Gasteiger partial charge in [-0.2, -0.15) is 4.31 Å². The van der Waals surface area contributed by atoms with Gasteiger partial charge in [-0.1, -0.05) is 13.8 Å². The molecule has 1 N–H and O–H groups in total. The van der Waals surface area contributed by atoms with Crippen molar-refractivity contribution >= 4 is 21.6 Å². The Morgan fingerprint density at radius 3 is 2.28 bits per heavy atom. The molecule has 0 aliphatic rings. The van der Waals surface area contributed by atoms with Crippen LogP contribution in [0.25, 0.3) is 5.82 Å². The number of carbonyl (C=O) groups is 1. The number of nitrogens with one attached hydrogen (secondary N) is 1. The highest BCUT2D eigenvalue weighted by Gasteiger charge is 2.21. The molecule has 1 aromatic carbocycles. The summed E-state index contributed by atoms with van der Waals surface area (Å²) in [7, 11) is -3.55. The van der Waals surface area contributed by atoms with Crippen LogP contribution in [0.1, 0.15) is 30.0 Å². The summed E-state index contributed by atoms with van der Waals surface area (Å²) < 4.78 is 28.3. The topological polar surface area (TPSA) is 97.2 Å². The molecule has 8 nitrogen and oxygen atoms in total. The lowest BCUT2D eigenvalue weighted by Gasteiger charge is -2.18. The average Bonchev–Trinajstić information content (AvgIpc) is 3.15. The van der Waals surface area contributed by atoms with Gasteiger partial charge in [0.15, 0.2) is 0 Å². The lowest BCUT2D eigenvalue weighted by Crippen LogP contribution is -2.30. The first-order valence-electron chi connectivity index (χ1n) is 9.24. The number of hydrogen-bond acceptors (Lipinski definition) is 5. The van der Waals surface area contributed by atoms with E-state index in [-0.39, 0.29) is 10.8 Å². The zero-order valence-electron chi connectivity index (χ0n) is 16.5. The van der Waals surface area contributed by atoms with E-state index >= 15 is 0 Å². The van der Waals surface area contributed by atoms with E-state index in [9.17, 15) is 13.2 Å². The molecule has 0 aliphatic heterocycles. The molecule has 1 amide bonds. The number of pyridine rings is 1. The number of sulfonamides is 1. The van der Waals surface area contributed by atoms with E-state index < -0.39 is 10.0 Å². The smallest absolute Gasteiger partial charge is 0.255 e. The van der Waals surface area contributed by atoms with Crippen molar-refractivity contribution in [2.75, 3.05) is 18.4 Å². The van der Waals surface area contributed by atoms with Crippen molar-refractivity contribution in [2.45, 2.75) is 25.7 Å². The van der Waals surface area contributed by atoms with Crippen LogP contribution in [-0.2, 0) is 10.0 Å². The maximum Gasteiger partial charge on any atom is 0.255 e. The molecule has 2 heterocycles. The van der Waals surface area contributed by atoms with Crippen molar-refractivity contribution in [2.24, 2.45) is 0 Å². The number of aromatic nitrogens is 3. The highest BCUT2D eigenvalue weighted by atomic mass is 32.2. The summed E-state index contributed by atoms with van der Waals surface area (Å²) >= 11 is 0. The van der Waals surface area contributed by atoms with E-state index in [2.05, 4.69) is 15.3 Å². The summed E-state index contributed by atoms with van der Waals surface area (Å²) in [6, 6.07) is 9.44. The number of aryl methyl sites for hydroxylation is 1. The van der Waals surface area contributed by atoms with E-state index in [4.69, 9.17) is 0 Å². The Morgan fingerprint density at radius 1 is 1.07 bits per heavy atom. The van der Waals surface area contributed by atoms with Crippen molar-refractivity contribution in [1.82, 2.24) is 18.8 Å². The fourth-order valence-electron chi connectivity index (χ4n) is 2.92. The lowest BCUT2D eigenvalue weighted by molar-refractivity contribution is 0.102. The number of hydrogen-bond donors (Lipinski definition) is 1. The number of rotatable bonds is 7. The van der Waals surface area contributed by atoms with Crippen LogP contribution in [0.4, 0.5) is 5.69 Å². The number of benzene rings is 1. The molecule has 2 aromatic heterocycles. The molecule has 0 unspecified atom stereocenters. The van der Waals surface area contributed by atoms with Gasteiger partial charge in [0.05, 0.1) is 16.8 Å². The van der Waals surface area contributed by atoms with Gasteiger partial charge in [0.2, 0.25) is 10.0 Å². The predicted molar refractivity (Wildman–Crippen MR) is 111 cm³/mol. The standard InChI is InChI=1S/C20H23N5O3S/c1-4-24(5-2)29(27,28)18-9-6-16(7-10-18)20(26)23-17-8-11-19(22-14-17)25-13-12-21-15(25)3/h6-14H,4-5H2,1-3H3,(H,23,26). The quantitative estimate of drug-likeness (QED) is 0.642. The van der Waals surface area contributed by atoms with Crippen LogP contribution in [0.5, 0.6) is 0 Å². The van der Waals surface area contributed by atoms with Gasteiger partial charge in [-0.25, -0.2) is 18.4 Å². The van der Waals surface area contributed by atoms with Crippen LogP contribution >= 0.6 is 0 Å². The highest BCUT2D eigenvalue weighted by Crippen LogP contribution is 2.17. The molecule has 0 spiro atoms. The maximum absolute atomic E-state index is 12.5. The monoisotopic (exact) mass is 413 g/mol. The second kappa shape index (κ2) is 8.54. The summed E-state index contributed by atoms with van der Waals surface area (Å²) in [5.41, 5.74) is 0.898. The molecule has 0 aliphatic carbocycles. The molecule has 9 heteroatoms. The van der Waals surface area contributed by atoms with E-state index in [1.54, 1.807) is 38.4 Å². The molecular formula is C20H23N5O3S. The van der Waals surface area contributed by atoms with Crippen molar-refractivity contribution < 1.29 is 13.2 Å². The molecule has 3 aromatic rings. The van der Waals surface area contributed by atoms with Crippen LogP contribution < -0.4 is 5.32 Å². The van der Waals surface area contributed by atoms with E-state index in [0.717, 1.165) is 5.82 Å². The lowest BCUT2D eigenvalue weighted by atomic mass is 10.2. The molecule has 0 atom stereocenters. The van der Waals surface area contributed by atoms with Crippen LogP contribution in [-0.4, -0.2) is 46.3 Å². The van der Waals surface area contributed by atoms with Crippen molar-refractivity contribution in [1.29, 1.82) is 0 Å². The second-order valence-electron chi connectivity index (χ2n) is 6.32. The molecule has 152 valence electrons. The number of imidazole rings is 1. The normalized spacial score (nSPS) is 11.6. The van der Waals surface area contributed by atoms with Gasteiger partial charge in [0.1, 0.15) is 11.6 Å². The fraction of sp³-hybridized carbons (Fsp3) is 0.250. The minimum Gasteiger partial charge on any atom is -0.321 e. The van der Waals surface area contributed by atoms with Gasteiger partial charge in [-0.15, -0.1) is 0 Å². The first-order chi connectivity index (χ1) is 13.9. The van der Waals surface area contributed by atoms with Crippen LogP contribution in [0.2, 0.25) is 0 Å². The zero-order chi connectivity index (χ0) is 21.0. The largest absolute Gasteiger partial charge is 0.321 e. The molecule has 0 radical (unpaired) electrons. The number of amides is 1. The number of nitrogens with zero attached hydrogens (tertiary/aromatic N) is 4. The minimum atomic E-state index is -3.55. The maximum atomic E-state index is 12.5. The highest BCUT2D eigenvalue weighted by molar-refractivity contribution is 7.89. The Kier molecular flexibility index (Phi) is 6.09. The van der Waals surface area contributed by atoms with Crippen LogP contribution in [0, 0.1) is 6.92 Å². The van der Waals surface area contributed by atoms with Gasteiger partial charge in [0.25, 0.3) is 5.91 Å². The van der Waals surface area contributed by atoms with E-state index in [1.165, 1.54) is 28.6 Å². The predicted octanol–water partition coefficient (Wildman–Crippen LogP) is 2.86. The molecule has 0 saturated heterocycles. The molecule has 0 saturated carbocycles. The first kappa shape index (κ1) is 20.7. The Hall–Kier alpha value is -3.04. The molecule has 3 rings (SSSR count). The van der Waals surface area contributed by atoms with Gasteiger partial charge in [0, 0.05) is 31.0 Å². The average molecular weight is 414 g/mol. The zero-order valence-corrected chi connectivity index (χ0v) is 17.3. The summed E-state index contributed by atoms with van der Waals surface area (Å²) in [6.07, 6.45) is 5.06. The second-order valence-corrected chi connectivity index (χ2v) is 8.26. The number of carbonyl (C=O) groups excluding carboxylic acids is 1. The van der Waals surface area contributed by atoms with Crippen LogP contribution in [0.3, 0.4) is 0 Å². The number of anilines is 1. The first-order valence-corrected chi connectivity index (χ1v) is 10.7. The van der Waals surface area contributed by atoms with Crippen LogP contribution in [0.15, 0.2) is 59.9 Å². The molecule has 0 bridgehead atoms. The third kappa shape index (κ3) is 4.36. The van der Waals surface area contributed by atoms with Gasteiger partial charge < -0.3 is 5.32 Å². The Balaban J connectivity index is 1.72.